The SMILES string of the molecule is CCCCOc1ccc(S(=O)(=O)NC2CC(C)(C)NC(C)(C)C2)cc1. The number of unbranched alkanes of at least 4 members (excludes halogenated alkanes) is 1. The average Bonchev–Trinajstić information content (AvgIpc) is 2.44. The zero-order valence-electron chi connectivity index (χ0n) is 16.1. The number of ether oxygens (including phenoxy) is 1. The van der Waals surface area contributed by atoms with Crippen molar-refractivity contribution in [1.29, 1.82) is 0 Å². The van der Waals surface area contributed by atoms with Crippen LogP contribution in [0, 0.1) is 0 Å². The largest absolute Gasteiger partial charge is 0.494 e. The molecular weight excluding hydrogens is 336 g/mol. The van der Waals surface area contributed by atoms with Gasteiger partial charge >= 0.3 is 0 Å². The number of nitrogens with one attached hydrogen (secondary N) is 2. The predicted octanol–water partition coefficient (Wildman–Crippen LogP) is 3.45. The third kappa shape index (κ3) is 5.97. The smallest absolute Gasteiger partial charge is 0.240 e. The molecule has 142 valence electrons. The summed E-state index contributed by atoms with van der Waals surface area (Å²) in [6, 6.07) is 6.58. The summed E-state index contributed by atoms with van der Waals surface area (Å²) in [5.41, 5.74) is -0.210. The quantitative estimate of drug-likeness (QED) is 0.723. The first kappa shape index (κ1) is 20.2. The fraction of sp³-hybridized carbons (Fsp3) is 0.684. The monoisotopic (exact) mass is 368 g/mol. The molecule has 25 heavy (non-hydrogen) atoms. The van der Waals surface area contributed by atoms with Gasteiger partial charge in [-0.25, -0.2) is 13.1 Å². The van der Waals surface area contributed by atoms with E-state index in [0.717, 1.165) is 25.7 Å². The Bertz CT molecular complexity index is 650. The first-order valence-corrected chi connectivity index (χ1v) is 10.6. The molecular formula is C19H32N2O3S. The van der Waals surface area contributed by atoms with Crippen LogP contribution in [0.1, 0.15) is 60.3 Å². The first-order chi connectivity index (χ1) is 11.5. The van der Waals surface area contributed by atoms with Gasteiger partial charge in [0.2, 0.25) is 10.0 Å². The van der Waals surface area contributed by atoms with Gasteiger partial charge in [0.05, 0.1) is 11.5 Å². The average molecular weight is 369 g/mol. The van der Waals surface area contributed by atoms with Crippen LogP contribution in [0.2, 0.25) is 0 Å². The predicted molar refractivity (Wildman–Crippen MR) is 101 cm³/mol. The summed E-state index contributed by atoms with van der Waals surface area (Å²) in [4.78, 5) is 0.282. The maximum absolute atomic E-state index is 12.7. The summed E-state index contributed by atoms with van der Waals surface area (Å²) in [5, 5.41) is 3.57. The molecule has 1 heterocycles. The summed E-state index contributed by atoms with van der Waals surface area (Å²) >= 11 is 0. The zero-order chi connectivity index (χ0) is 18.7. The lowest BCUT2D eigenvalue weighted by atomic mass is 9.80. The second kappa shape index (κ2) is 7.64. The number of hydrogen-bond acceptors (Lipinski definition) is 4. The van der Waals surface area contributed by atoms with Crippen LogP contribution in [0.15, 0.2) is 29.2 Å². The normalized spacial score (nSPS) is 20.4. The molecule has 6 heteroatoms. The van der Waals surface area contributed by atoms with Gasteiger partial charge in [-0.2, -0.15) is 0 Å². The zero-order valence-corrected chi connectivity index (χ0v) is 16.9. The molecule has 0 spiro atoms. The molecule has 0 unspecified atom stereocenters. The molecule has 1 aromatic rings. The van der Waals surface area contributed by atoms with E-state index in [1.165, 1.54) is 0 Å². The fourth-order valence-electron chi connectivity index (χ4n) is 3.74. The van der Waals surface area contributed by atoms with Gasteiger partial charge in [0.15, 0.2) is 0 Å². The van der Waals surface area contributed by atoms with Crippen molar-refractivity contribution >= 4 is 10.0 Å². The van der Waals surface area contributed by atoms with Gasteiger partial charge in [-0.3, -0.25) is 0 Å². The molecule has 0 amide bonds. The summed E-state index contributed by atoms with van der Waals surface area (Å²) in [5.74, 6) is 0.705. The van der Waals surface area contributed by atoms with E-state index in [1.54, 1.807) is 24.3 Å². The minimum atomic E-state index is -3.54. The van der Waals surface area contributed by atoms with Gasteiger partial charge in [0, 0.05) is 17.1 Å². The van der Waals surface area contributed by atoms with E-state index in [2.05, 4.69) is 44.7 Å². The van der Waals surface area contributed by atoms with Crippen LogP contribution in [0.5, 0.6) is 5.75 Å². The highest BCUT2D eigenvalue weighted by atomic mass is 32.2. The summed E-state index contributed by atoms with van der Waals surface area (Å²) in [6.07, 6.45) is 3.57. The Morgan fingerprint density at radius 1 is 1.12 bits per heavy atom. The number of hydrogen-bond donors (Lipinski definition) is 2. The van der Waals surface area contributed by atoms with Crippen molar-refractivity contribution in [2.24, 2.45) is 0 Å². The number of benzene rings is 1. The highest BCUT2D eigenvalue weighted by Gasteiger charge is 2.39. The van der Waals surface area contributed by atoms with Crippen molar-refractivity contribution < 1.29 is 13.2 Å². The second-order valence-electron chi connectivity index (χ2n) is 8.29. The van der Waals surface area contributed by atoms with Crippen molar-refractivity contribution in [3.63, 3.8) is 0 Å². The van der Waals surface area contributed by atoms with E-state index in [-0.39, 0.29) is 22.0 Å². The molecule has 5 nitrogen and oxygen atoms in total. The molecule has 1 aliphatic heterocycles. The molecule has 0 radical (unpaired) electrons. The molecule has 1 saturated heterocycles. The maximum atomic E-state index is 12.7. The van der Waals surface area contributed by atoms with Crippen molar-refractivity contribution in [3.05, 3.63) is 24.3 Å². The van der Waals surface area contributed by atoms with Crippen molar-refractivity contribution in [2.75, 3.05) is 6.61 Å². The molecule has 2 rings (SSSR count). The summed E-state index contributed by atoms with van der Waals surface area (Å²) < 4.78 is 33.9. The van der Waals surface area contributed by atoms with Gasteiger partial charge in [0.25, 0.3) is 0 Å². The van der Waals surface area contributed by atoms with Gasteiger partial charge in [0.1, 0.15) is 5.75 Å². The number of sulfonamides is 1. The van der Waals surface area contributed by atoms with E-state index < -0.39 is 10.0 Å². The molecule has 1 aromatic carbocycles. The molecule has 0 aliphatic carbocycles. The standard InChI is InChI=1S/C19H32N2O3S/c1-6-7-12-24-16-8-10-17(11-9-16)25(22,23)20-15-13-18(2,3)21-19(4,5)14-15/h8-11,15,20-21H,6-7,12-14H2,1-5H3. The molecule has 0 bridgehead atoms. The lowest BCUT2D eigenvalue weighted by molar-refractivity contribution is 0.157. The Labute approximate surface area is 152 Å². The highest BCUT2D eigenvalue weighted by molar-refractivity contribution is 7.89. The molecule has 1 aliphatic rings. The van der Waals surface area contributed by atoms with Gasteiger partial charge < -0.3 is 10.1 Å². The Morgan fingerprint density at radius 2 is 1.68 bits per heavy atom. The third-order valence-electron chi connectivity index (χ3n) is 4.41. The molecule has 0 atom stereocenters. The van der Waals surface area contributed by atoms with E-state index in [1.807, 2.05) is 0 Å². The van der Waals surface area contributed by atoms with Crippen molar-refractivity contribution in [3.8, 4) is 5.75 Å². The molecule has 0 aromatic heterocycles. The Balaban J connectivity index is 2.06. The second-order valence-corrected chi connectivity index (χ2v) is 10.0. The maximum Gasteiger partial charge on any atom is 0.240 e. The highest BCUT2D eigenvalue weighted by Crippen LogP contribution is 2.29. The lowest BCUT2D eigenvalue weighted by Gasteiger charge is -2.46. The summed E-state index contributed by atoms with van der Waals surface area (Å²) in [6.45, 7) is 11.2. The van der Waals surface area contributed by atoms with Crippen molar-refractivity contribution in [1.82, 2.24) is 10.0 Å². The fourth-order valence-corrected chi connectivity index (χ4v) is 4.98. The Morgan fingerprint density at radius 3 is 2.20 bits per heavy atom. The van der Waals surface area contributed by atoms with Crippen molar-refractivity contribution in [2.45, 2.75) is 82.3 Å². The lowest BCUT2D eigenvalue weighted by Crippen LogP contribution is -2.62. The van der Waals surface area contributed by atoms with Crippen LogP contribution < -0.4 is 14.8 Å². The minimum Gasteiger partial charge on any atom is -0.494 e. The van der Waals surface area contributed by atoms with Gasteiger partial charge in [-0.1, -0.05) is 13.3 Å². The Kier molecular flexibility index (Phi) is 6.17. The first-order valence-electron chi connectivity index (χ1n) is 9.08. The number of rotatable bonds is 7. The van der Waals surface area contributed by atoms with E-state index in [4.69, 9.17) is 4.74 Å². The van der Waals surface area contributed by atoms with Gasteiger partial charge in [-0.05, 0) is 71.2 Å². The third-order valence-corrected chi connectivity index (χ3v) is 5.95. The van der Waals surface area contributed by atoms with E-state index in [0.29, 0.717) is 12.4 Å². The van der Waals surface area contributed by atoms with Crippen LogP contribution in [0.4, 0.5) is 0 Å². The minimum absolute atomic E-state index is 0.0864. The Hall–Kier alpha value is -1.11. The van der Waals surface area contributed by atoms with Crippen LogP contribution in [-0.2, 0) is 10.0 Å². The van der Waals surface area contributed by atoms with E-state index >= 15 is 0 Å². The topological polar surface area (TPSA) is 67.4 Å². The molecule has 1 fully saturated rings. The van der Waals surface area contributed by atoms with Crippen LogP contribution in [-0.4, -0.2) is 32.1 Å². The molecule has 0 saturated carbocycles. The number of piperidine rings is 1. The summed E-state index contributed by atoms with van der Waals surface area (Å²) in [7, 11) is -3.54. The van der Waals surface area contributed by atoms with Crippen LogP contribution in [0.3, 0.4) is 0 Å². The molecule has 2 N–H and O–H groups in total. The van der Waals surface area contributed by atoms with Gasteiger partial charge in [-0.15, -0.1) is 0 Å². The van der Waals surface area contributed by atoms with Crippen LogP contribution in [0.25, 0.3) is 0 Å². The van der Waals surface area contributed by atoms with Crippen LogP contribution >= 0.6 is 0 Å². The van der Waals surface area contributed by atoms with E-state index in [9.17, 15) is 8.42 Å².